The molecule has 5 heteroatoms. The van der Waals surface area contributed by atoms with Gasteiger partial charge in [-0.1, -0.05) is 25.5 Å². The Morgan fingerprint density at radius 2 is 2.13 bits per heavy atom. The van der Waals surface area contributed by atoms with Crippen LogP contribution in [-0.4, -0.2) is 47.7 Å². The van der Waals surface area contributed by atoms with Crippen LogP contribution in [0, 0.1) is 5.82 Å². The van der Waals surface area contributed by atoms with Gasteiger partial charge in [0.05, 0.1) is 12.6 Å². The SMILES string of the molecule is CCC(O)C1CCCCN1CC(=O)NCCc1ccc(F)cc1. The number of rotatable bonds is 7. The smallest absolute Gasteiger partial charge is 0.234 e. The van der Waals surface area contributed by atoms with Crippen molar-refractivity contribution >= 4 is 5.91 Å². The van der Waals surface area contributed by atoms with Crippen LogP contribution < -0.4 is 5.32 Å². The van der Waals surface area contributed by atoms with Crippen LogP contribution in [0.15, 0.2) is 24.3 Å². The highest BCUT2D eigenvalue weighted by molar-refractivity contribution is 5.78. The molecule has 0 aliphatic carbocycles. The first-order valence-electron chi connectivity index (χ1n) is 8.53. The van der Waals surface area contributed by atoms with E-state index >= 15 is 0 Å². The summed E-state index contributed by atoms with van der Waals surface area (Å²) < 4.78 is 12.8. The molecule has 2 N–H and O–H groups in total. The van der Waals surface area contributed by atoms with Gasteiger partial charge in [-0.15, -0.1) is 0 Å². The standard InChI is InChI=1S/C18H27FN2O2/c1-2-17(22)16-5-3-4-12-21(16)13-18(23)20-11-10-14-6-8-15(19)9-7-14/h6-9,16-17,22H,2-5,10-13H2,1H3,(H,20,23). The van der Waals surface area contributed by atoms with Gasteiger partial charge in [0.1, 0.15) is 5.82 Å². The Balaban J connectivity index is 1.75. The number of benzene rings is 1. The Bertz CT molecular complexity index is 492. The summed E-state index contributed by atoms with van der Waals surface area (Å²) in [6.07, 6.45) is 4.20. The van der Waals surface area contributed by atoms with Crippen LogP contribution in [0.25, 0.3) is 0 Å². The van der Waals surface area contributed by atoms with Crippen LogP contribution in [0.3, 0.4) is 0 Å². The number of amides is 1. The lowest BCUT2D eigenvalue weighted by Crippen LogP contribution is -2.50. The first kappa shape index (κ1) is 17.9. The maximum Gasteiger partial charge on any atom is 0.234 e. The highest BCUT2D eigenvalue weighted by Gasteiger charge is 2.28. The number of hydrogen-bond acceptors (Lipinski definition) is 3. The van der Waals surface area contributed by atoms with E-state index in [9.17, 15) is 14.3 Å². The summed E-state index contributed by atoms with van der Waals surface area (Å²) in [5.41, 5.74) is 1.00. The maximum atomic E-state index is 12.8. The van der Waals surface area contributed by atoms with E-state index in [2.05, 4.69) is 10.2 Å². The summed E-state index contributed by atoms with van der Waals surface area (Å²) in [6, 6.07) is 6.43. The summed E-state index contributed by atoms with van der Waals surface area (Å²) in [7, 11) is 0. The van der Waals surface area contributed by atoms with Gasteiger partial charge >= 0.3 is 0 Å². The lowest BCUT2D eigenvalue weighted by Gasteiger charge is -2.37. The molecule has 0 spiro atoms. The van der Waals surface area contributed by atoms with E-state index in [1.165, 1.54) is 12.1 Å². The minimum Gasteiger partial charge on any atom is -0.392 e. The second kappa shape index (κ2) is 8.99. The number of hydrogen-bond donors (Lipinski definition) is 2. The van der Waals surface area contributed by atoms with E-state index in [0.29, 0.717) is 25.9 Å². The molecule has 0 bridgehead atoms. The van der Waals surface area contributed by atoms with E-state index in [-0.39, 0.29) is 23.9 Å². The molecule has 1 heterocycles. The molecular weight excluding hydrogens is 295 g/mol. The molecule has 0 aromatic heterocycles. The van der Waals surface area contributed by atoms with Crippen LogP contribution >= 0.6 is 0 Å². The summed E-state index contributed by atoms with van der Waals surface area (Å²) in [6.45, 7) is 3.72. The van der Waals surface area contributed by atoms with Gasteiger partial charge in [0.25, 0.3) is 0 Å². The van der Waals surface area contributed by atoms with Crippen molar-refractivity contribution in [1.29, 1.82) is 0 Å². The number of halogens is 1. The summed E-state index contributed by atoms with van der Waals surface area (Å²) in [5, 5.41) is 13.0. The minimum atomic E-state index is -0.359. The number of aliphatic hydroxyl groups excluding tert-OH is 1. The van der Waals surface area contributed by atoms with Crippen molar-refractivity contribution in [3.05, 3.63) is 35.6 Å². The zero-order valence-corrected chi connectivity index (χ0v) is 13.8. The van der Waals surface area contributed by atoms with Crippen LogP contribution in [0.4, 0.5) is 4.39 Å². The lowest BCUT2D eigenvalue weighted by molar-refractivity contribution is -0.124. The monoisotopic (exact) mass is 322 g/mol. The van der Waals surface area contributed by atoms with Crippen molar-refractivity contribution in [2.24, 2.45) is 0 Å². The molecule has 1 aromatic rings. The zero-order valence-electron chi connectivity index (χ0n) is 13.8. The van der Waals surface area contributed by atoms with Gasteiger partial charge < -0.3 is 10.4 Å². The fourth-order valence-electron chi connectivity index (χ4n) is 3.16. The van der Waals surface area contributed by atoms with Crippen molar-refractivity contribution in [2.45, 2.75) is 51.2 Å². The van der Waals surface area contributed by atoms with Gasteiger partial charge in [0, 0.05) is 12.6 Å². The van der Waals surface area contributed by atoms with E-state index < -0.39 is 0 Å². The predicted octanol–water partition coefficient (Wildman–Crippen LogP) is 2.11. The first-order chi connectivity index (χ1) is 11.1. The predicted molar refractivity (Wildman–Crippen MR) is 88.6 cm³/mol. The average Bonchev–Trinajstić information content (AvgIpc) is 2.56. The third kappa shape index (κ3) is 5.59. The highest BCUT2D eigenvalue weighted by Crippen LogP contribution is 2.20. The Morgan fingerprint density at radius 3 is 2.83 bits per heavy atom. The fourth-order valence-corrected chi connectivity index (χ4v) is 3.16. The van der Waals surface area contributed by atoms with Crippen LogP contribution in [-0.2, 0) is 11.2 Å². The van der Waals surface area contributed by atoms with Gasteiger partial charge in [-0.25, -0.2) is 4.39 Å². The van der Waals surface area contributed by atoms with E-state index in [4.69, 9.17) is 0 Å². The van der Waals surface area contributed by atoms with Crippen molar-refractivity contribution in [1.82, 2.24) is 10.2 Å². The van der Waals surface area contributed by atoms with Gasteiger partial charge in [-0.05, 0) is 49.9 Å². The molecule has 23 heavy (non-hydrogen) atoms. The van der Waals surface area contributed by atoms with Gasteiger partial charge in [-0.3, -0.25) is 9.69 Å². The Morgan fingerprint density at radius 1 is 1.39 bits per heavy atom. The Labute approximate surface area is 137 Å². The summed E-state index contributed by atoms with van der Waals surface area (Å²) in [5.74, 6) is -0.259. The average molecular weight is 322 g/mol. The van der Waals surface area contributed by atoms with Crippen LogP contribution in [0.5, 0.6) is 0 Å². The molecular formula is C18H27FN2O2. The first-order valence-corrected chi connectivity index (χ1v) is 8.53. The largest absolute Gasteiger partial charge is 0.392 e. The quantitative estimate of drug-likeness (QED) is 0.808. The molecule has 1 aliphatic rings. The third-order valence-electron chi connectivity index (χ3n) is 4.52. The Hall–Kier alpha value is -1.46. The lowest BCUT2D eigenvalue weighted by atomic mass is 9.96. The number of piperidine rings is 1. The molecule has 4 nitrogen and oxygen atoms in total. The van der Waals surface area contributed by atoms with Crippen molar-refractivity contribution < 1.29 is 14.3 Å². The summed E-state index contributed by atoms with van der Waals surface area (Å²) >= 11 is 0. The van der Waals surface area contributed by atoms with E-state index in [1.807, 2.05) is 6.92 Å². The fraction of sp³-hybridized carbons (Fsp3) is 0.611. The topological polar surface area (TPSA) is 52.6 Å². The number of likely N-dealkylation sites (tertiary alicyclic amines) is 1. The molecule has 1 saturated heterocycles. The normalized spacial score (nSPS) is 20.2. The number of carbonyl (C=O) groups is 1. The molecule has 0 radical (unpaired) electrons. The second-order valence-corrected chi connectivity index (χ2v) is 6.24. The number of carbonyl (C=O) groups excluding carboxylic acids is 1. The third-order valence-corrected chi connectivity index (χ3v) is 4.52. The molecule has 2 unspecified atom stereocenters. The second-order valence-electron chi connectivity index (χ2n) is 6.24. The van der Waals surface area contributed by atoms with Gasteiger partial charge in [-0.2, -0.15) is 0 Å². The van der Waals surface area contributed by atoms with Crippen LogP contribution in [0.2, 0.25) is 0 Å². The molecule has 1 aliphatic heterocycles. The highest BCUT2D eigenvalue weighted by atomic mass is 19.1. The summed E-state index contributed by atoms with van der Waals surface area (Å²) in [4.78, 5) is 14.2. The molecule has 2 atom stereocenters. The van der Waals surface area contributed by atoms with Crippen molar-refractivity contribution in [2.75, 3.05) is 19.6 Å². The van der Waals surface area contributed by atoms with E-state index in [1.54, 1.807) is 12.1 Å². The number of nitrogens with one attached hydrogen (secondary N) is 1. The maximum absolute atomic E-state index is 12.8. The number of aliphatic hydroxyl groups is 1. The van der Waals surface area contributed by atoms with E-state index in [0.717, 1.165) is 31.4 Å². The van der Waals surface area contributed by atoms with Gasteiger partial charge in [0.2, 0.25) is 5.91 Å². The van der Waals surface area contributed by atoms with Crippen molar-refractivity contribution in [3.63, 3.8) is 0 Å². The molecule has 128 valence electrons. The molecule has 1 aromatic carbocycles. The molecule has 1 fully saturated rings. The minimum absolute atomic E-state index is 0.0117. The van der Waals surface area contributed by atoms with Gasteiger partial charge in [0.15, 0.2) is 0 Å². The Kier molecular flexibility index (Phi) is 6.99. The molecule has 2 rings (SSSR count). The zero-order chi connectivity index (χ0) is 16.7. The number of nitrogens with zero attached hydrogens (tertiary/aromatic N) is 1. The molecule has 1 amide bonds. The van der Waals surface area contributed by atoms with Crippen LogP contribution in [0.1, 0.15) is 38.2 Å². The van der Waals surface area contributed by atoms with Crippen molar-refractivity contribution in [3.8, 4) is 0 Å². The molecule has 0 saturated carbocycles.